The molecular formula is C17H27N3O5S. The van der Waals surface area contributed by atoms with E-state index >= 15 is 0 Å². The fourth-order valence-electron chi connectivity index (χ4n) is 2.69. The van der Waals surface area contributed by atoms with Crippen molar-refractivity contribution in [3.05, 3.63) is 0 Å². The van der Waals surface area contributed by atoms with E-state index in [0.29, 0.717) is 25.0 Å². The molecule has 2 atom stereocenters. The summed E-state index contributed by atoms with van der Waals surface area (Å²) in [5, 5.41) is 5.14. The van der Waals surface area contributed by atoms with Crippen LogP contribution in [0.3, 0.4) is 0 Å². The van der Waals surface area contributed by atoms with Crippen LogP contribution in [-0.2, 0) is 24.0 Å². The van der Waals surface area contributed by atoms with Crippen molar-refractivity contribution in [1.29, 1.82) is 0 Å². The molecule has 0 saturated carbocycles. The summed E-state index contributed by atoms with van der Waals surface area (Å²) in [6.07, 6.45) is 3.42. The summed E-state index contributed by atoms with van der Waals surface area (Å²) in [5.74, 6) is -0.747. The fraction of sp³-hybridized carbons (Fsp3) is 0.706. The third kappa shape index (κ3) is 6.78. The normalized spacial score (nSPS) is 16.5. The average Bonchev–Trinajstić information content (AvgIpc) is 2.89. The topological polar surface area (TPSA) is 113 Å². The van der Waals surface area contributed by atoms with Gasteiger partial charge in [-0.1, -0.05) is 13.8 Å². The number of amides is 4. The number of thioether (sulfide) groups is 1. The first-order valence-electron chi connectivity index (χ1n) is 8.65. The Labute approximate surface area is 157 Å². The Balaban J connectivity index is 2.79. The lowest BCUT2D eigenvalue weighted by atomic mass is 9.99. The van der Waals surface area contributed by atoms with Crippen LogP contribution in [0.5, 0.6) is 0 Å². The number of carbonyl (C=O) groups is 5. The summed E-state index contributed by atoms with van der Waals surface area (Å²) in [7, 11) is 0. The molecule has 1 rings (SSSR count). The molecule has 1 fully saturated rings. The van der Waals surface area contributed by atoms with Crippen molar-refractivity contribution in [1.82, 2.24) is 15.5 Å². The number of hydrogen-bond donors (Lipinski definition) is 2. The van der Waals surface area contributed by atoms with Gasteiger partial charge in [0.1, 0.15) is 6.04 Å². The van der Waals surface area contributed by atoms with Gasteiger partial charge in [0, 0.05) is 12.8 Å². The summed E-state index contributed by atoms with van der Waals surface area (Å²) < 4.78 is 0. The van der Waals surface area contributed by atoms with E-state index in [2.05, 4.69) is 10.6 Å². The summed E-state index contributed by atoms with van der Waals surface area (Å²) >= 11 is 1.55. The van der Waals surface area contributed by atoms with Gasteiger partial charge in [0.05, 0.1) is 12.6 Å². The second kappa shape index (κ2) is 10.9. The third-order valence-corrected chi connectivity index (χ3v) is 4.72. The Morgan fingerprint density at radius 2 is 1.81 bits per heavy atom. The van der Waals surface area contributed by atoms with Gasteiger partial charge in [-0.3, -0.25) is 28.9 Å². The first kappa shape index (κ1) is 22.1. The van der Waals surface area contributed by atoms with Crippen LogP contribution in [0.1, 0.15) is 39.5 Å². The van der Waals surface area contributed by atoms with Gasteiger partial charge in [-0.05, 0) is 30.8 Å². The minimum Gasteiger partial charge on any atom is -0.347 e. The maximum Gasteiger partial charge on any atom is 0.243 e. The number of rotatable bonds is 12. The van der Waals surface area contributed by atoms with E-state index in [9.17, 15) is 24.0 Å². The number of nitrogens with zero attached hydrogens (tertiary/aromatic N) is 1. The Morgan fingerprint density at radius 1 is 1.19 bits per heavy atom. The molecule has 1 aliphatic rings. The van der Waals surface area contributed by atoms with Crippen molar-refractivity contribution in [3.63, 3.8) is 0 Å². The van der Waals surface area contributed by atoms with Crippen LogP contribution in [0.15, 0.2) is 0 Å². The van der Waals surface area contributed by atoms with Crippen molar-refractivity contribution < 1.29 is 24.0 Å². The molecule has 1 heterocycles. The molecule has 1 saturated heterocycles. The minimum atomic E-state index is -0.811. The van der Waals surface area contributed by atoms with E-state index < -0.39 is 18.0 Å². The lowest BCUT2D eigenvalue weighted by Gasteiger charge is -2.24. The SMILES string of the molecule is CSCC[C@H](NC=O)C(=O)N[C@@H](CC(C)C)C(=O)CN1C(=O)CCC1=O. The minimum absolute atomic E-state index is 0.118. The average molecular weight is 385 g/mol. The third-order valence-electron chi connectivity index (χ3n) is 4.08. The Kier molecular flexibility index (Phi) is 9.32. The Bertz CT molecular complexity index is 537. The molecule has 146 valence electrons. The number of ketones is 1. The molecule has 0 radical (unpaired) electrons. The number of nitrogens with one attached hydrogen (secondary N) is 2. The van der Waals surface area contributed by atoms with E-state index in [1.165, 1.54) is 0 Å². The maximum atomic E-state index is 12.6. The molecule has 26 heavy (non-hydrogen) atoms. The molecule has 0 bridgehead atoms. The molecule has 0 aliphatic carbocycles. The molecule has 0 aromatic carbocycles. The van der Waals surface area contributed by atoms with E-state index in [1.807, 2.05) is 20.1 Å². The van der Waals surface area contributed by atoms with Gasteiger partial charge >= 0.3 is 0 Å². The zero-order chi connectivity index (χ0) is 19.7. The monoisotopic (exact) mass is 385 g/mol. The van der Waals surface area contributed by atoms with Crippen molar-refractivity contribution in [2.75, 3.05) is 18.6 Å². The number of hydrogen-bond acceptors (Lipinski definition) is 6. The highest BCUT2D eigenvalue weighted by molar-refractivity contribution is 7.98. The molecule has 0 spiro atoms. The van der Waals surface area contributed by atoms with Crippen LogP contribution in [0.2, 0.25) is 0 Å². The van der Waals surface area contributed by atoms with Crippen LogP contribution in [0.4, 0.5) is 0 Å². The van der Waals surface area contributed by atoms with Crippen LogP contribution < -0.4 is 10.6 Å². The smallest absolute Gasteiger partial charge is 0.243 e. The molecule has 9 heteroatoms. The van der Waals surface area contributed by atoms with Crippen molar-refractivity contribution >= 4 is 41.7 Å². The summed E-state index contributed by atoms with van der Waals surface area (Å²) in [5.41, 5.74) is 0. The highest BCUT2D eigenvalue weighted by atomic mass is 32.2. The van der Waals surface area contributed by atoms with Crippen LogP contribution >= 0.6 is 11.8 Å². The largest absolute Gasteiger partial charge is 0.347 e. The zero-order valence-corrected chi connectivity index (χ0v) is 16.3. The molecule has 8 nitrogen and oxygen atoms in total. The van der Waals surface area contributed by atoms with Crippen molar-refractivity contribution in [2.45, 2.75) is 51.6 Å². The number of imide groups is 1. The number of carbonyl (C=O) groups excluding carboxylic acids is 5. The predicted octanol–water partition coefficient (Wildman–Crippen LogP) is 0.103. The van der Waals surface area contributed by atoms with Gasteiger partial charge in [-0.15, -0.1) is 0 Å². The lowest BCUT2D eigenvalue weighted by Crippen LogP contribution is -2.52. The summed E-state index contributed by atoms with van der Waals surface area (Å²) in [6.45, 7) is 3.49. The van der Waals surface area contributed by atoms with E-state index in [-0.39, 0.29) is 42.9 Å². The second-order valence-corrected chi connectivity index (χ2v) is 7.63. The Morgan fingerprint density at radius 3 is 2.31 bits per heavy atom. The maximum absolute atomic E-state index is 12.6. The first-order valence-corrected chi connectivity index (χ1v) is 10.0. The van der Waals surface area contributed by atoms with Crippen LogP contribution in [-0.4, -0.2) is 65.5 Å². The summed E-state index contributed by atoms with van der Waals surface area (Å²) in [4.78, 5) is 60.2. The highest BCUT2D eigenvalue weighted by Crippen LogP contribution is 2.14. The molecular weight excluding hydrogens is 358 g/mol. The van der Waals surface area contributed by atoms with Gasteiger partial charge in [0.25, 0.3) is 0 Å². The number of Topliss-reactive ketones (excluding diaryl/α,β-unsaturated/α-hetero) is 1. The van der Waals surface area contributed by atoms with Crippen LogP contribution in [0.25, 0.3) is 0 Å². The molecule has 2 N–H and O–H groups in total. The fourth-order valence-corrected chi connectivity index (χ4v) is 3.16. The zero-order valence-electron chi connectivity index (χ0n) is 15.4. The second-order valence-electron chi connectivity index (χ2n) is 6.65. The van der Waals surface area contributed by atoms with Gasteiger partial charge in [-0.2, -0.15) is 11.8 Å². The van der Waals surface area contributed by atoms with Gasteiger partial charge in [0.2, 0.25) is 24.1 Å². The standard InChI is InChI=1S/C17H27N3O5S/c1-11(2)8-13(14(22)9-20-15(23)4-5-16(20)24)19-17(25)12(18-10-21)6-7-26-3/h10-13H,4-9H2,1-3H3,(H,18,21)(H,19,25)/t12-,13-/m0/s1. The van der Waals surface area contributed by atoms with E-state index in [0.717, 1.165) is 4.90 Å². The van der Waals surface area contributed by atoms with Gasteiger partial charge < -0.3 is 10.6 Å². The quantitative estimate of drug-likeness (QED) is 0.364. The van der Waals surface area contributed by atoms with E-state index in [4.69, 9.17) is 0 Å². The molecule has 1 aliphatic heterocycles. The van der Waals surface area contributed by atoms with Gasteiger partial charge in [0.15, 0.2) is 5.78 Å². The van der Waals surface area contributed by atoms with Crippen molar-refractivity contribution in [2.24, 2.45) is 5.92 Å². The van der Waals surface area contributed by atoms with E-state index in [1.54, 1.807) is 11.8 Å². The first-order chi connectivity index (χ1) is 12.3. The molecule has 0 unspecified atom stereocenters. The van der Waals surface area contributed by atoms with Crippen molar-refractivity contribution in [3.8, 4) is 0 Å². The van der Waals surface area contributed by atoms with Gasteiger partial charge in [-0.25, -0.2) is 0 Å². The van der Waals surface area contributed by atoms with Crippen LogP contribution in [0, 0.1) is 5.92 Å². The Hall–Kier alpha value is -1.90. The predicted molar refractivity (Wildman–Crippen MR) is 98.3 cm³/mol. The molecule has 0 aromatic heterocycles. The highest BCUT2D eigenvalue weighted by Gasteiger charge is 2.33. The number of likely N-dealkylation sites (tertiary alicyclic amines) is 1. The molecule has 0 aromatic rings. The summed E-state index contributed by atoms with van der Waals surface area (Å²) in [6, 6.07) is -1.54. The lowest BCUT2D eigenvalue weighted by molar-refractivity contribution is -0.142. The molecule has 4 amide bonds.